The maximum absolute atomic E-state index is 11.3. The van der Waals surface area contributed by atoms with Gasteiger partial charge in [-0.3, -0.25) is 4.79 Å². The fraction of sp³-hybridized carbons (Fsp3) is 0.625. The summed E-state index contributed by atoms with van der Waals surface area (Å²) in [4.78, 5) is 11.3. The van der Waals surface area contributed by atoms with Crippen molar-refractivity contribution < 1.29 is 9.90 Å². The van der Waals surface area contributed by atoms with Gasteiger partial charge in [-0.2, -0.15) is 0 Å². The van der Waals surface area contributed by atoms with E-state index < -0.39 is 0 Å². The topological polar surface area (TPSA) is 80.0 Å². The number of nitrogens with one attached hydrogen (secondary N) is 1. The third-order valence-corrected chi connectivity index (χ3v) is 1.72. The highest BCUT2D eigenvalue weighted by Crippen LogP contribution is 1.93. The van der Waals surface area contributed by atoms with Gasteiger partial charge in [-0.1, -0.05) is 6.92 Å². The first-order valence-electron chi connectivity index (χ1n) is 4.52. The largest absolute Gasteiger partial charge is 0.388 e. The van der Waals surface area contributed by atoms with E-state index >= 15 is 0 Å². The molecule has 14 heavy (non-hydrogen) atoms. The number of aliphatic hydroxyl groups is 1. The van der Waals surface area contributed by atoms with Gasteiger partial charge in [0.2, 0.25) is 5.91 Å². The normalized spacial score (nSPS) is 10.1. The molecule has 6 nitrogen and oxygen atoms in total. The van der Waals surface area contributed by atoms with Crippen LogP contribution in [0.15, 0.2) is 6.33 Å². The number of amides is 1. The predicted octanol–water partition coefficient (Wildman–Crippen LogP) is -0.703. The van der Waals surface area contributed by atoms with E-state index in [9.17, 15) is 4.79 Å². The zero-order valence-corrected chi connectivity index (χ0v) is 8.10. The molecule has 1 rings (SSSR count). The Hall–Kier alpha value is -1.43. The van der Waals surface area contributed by atoms with Gasteiger partial charge in [0.05, 0.1) is 0 Å². The minimum absolute atomic E-state index is 0.0960. The van der Waals surface area contributed by atoms with E-state index in [0.29, 0.717) is 12.4 Å². The molecule has 0 unspecified atom stereocenters. The summed E-state index contributed by atoms with van der Waals surface area (Å²) >= 11 is 0. The van der Waals surface area contributed by atoms with Crippen LogP contribution in [0.5, 0.6) is 0 Å². The summed E-state index contributed by atoms with van der Waals surface area (Å²) in [5, 5.41) is 18.8. The average molecular weight is 198 g/mol. The first-order valence-corrected chi connectivity index (χ1v) is 4.52. The van der Waals surface area contributed by atoms with Gasteiger partial charge in [-0.05, 0) is 6.42 Å². The molecule has 0 spiro atoms. The van der Waals surface area contributed by atoms with Gasteiger partial charge in [0.25, 0.3) is 0 Å². The standard InChI is InChI=1S/C8H14N4O2/c1-2-3-9-8(14)4-12-6-10-11-7(12)5-13/h6,13H,2-5H2,1H3,(H,9,14). The first kappa shape index (κ1) is 10.6. The van der Waals surface area contributed by atoms with Crippen LogP contribution in [0.4, 0.5) is 0 Å². The second-order valence-electron chi connectivity index (χ2n) is 2.88. The molecule has 0 aromatic carbocycles. The molecule has 0 atom stereocenters. The van der Waals surface area contributed by atoms with E-state index in [2.05, 4.69) is 15.5 Å². The van der Waals surface area contributed by atoms with Gasteiger partial charge in [-0.25, -0.2) is 0 Å². The molecule has 0 aliphatic rings. The summed E-state index contributed by atoms with van der Waals surface area (Å²) in [7, 11) is 0. The number of aliphatic hydroxyl groups excluding tert-OH is 1. The van der Waals surface area contributed by atoms with Crippen LogP contribution in [0, 0.1) is 0 Å². The van der Waals surface area contributed by atoms with E-state index in [1.165, 1.54) is 10.9 Å². The van der Waals surface area contributed by atoms with Crippen LogP contribution in [-0.2, 0) is 17.9 Å². The molecule has 0 bridgehead atoms. The van der Waals surface area contributed by atoms with Crippen LogP contribution in [0.2, 0.25) is 0 Å². The van der Waals surface area contributed by atoms with Crippen molar-refractivity contribution in [3.05, 3.63) is 12.2 Å². The Morgan fingerprint density at radius 3 is 3.14 bits per heavy atom. The monoisotopic (exact) mass is 198 g/mol. The van der Waals surface area contributed by atoms with Crippen molar-refractivity contribution >= 4 is 5.91 Å². The number of aromatic nitrogens is 3. The highest BCUT2D eigenvalue weighted by atomic mass is 16.3. The van der Waals surface area contributed by atoms with Crippen LogP contribution < -0.4 is 5.32 Å². The Bertz CT molecular complexity index is 297. The van der Waals surface area contributed by atoms with E-state index in [1.807, 2.05) is 6.92 Å². The molecule has 0 saturated heterocycles. The number of hydrogen-bond donors (Lipinski definition) is 2. The Kier molecular flexibility index (Phi) is 4.06. The third-order valence-electron chi connectivity index (χ3n) is 1.72. The molecular formula is C8H14N4O2. The second kappa shape index (κ2) is 5.33. The predicted molar refractivity (Wildman–Crippen MR) is 49.2 cm³/mol. The SMILES string of the molecule is CCCNC(=O)Cn1cnnc1CO. The molecule has 1 aromatic heterocycles. The van der Waals surface area contributed by atoms with Gasteiger partial charge in [0.15, 0.2) is 5.82 Å². The van der Waals surface area contributed by atoms with Crippen molar-refractivity contribution in [3.63, 3.8) is 0 Å². The molecular weight excluding hydrogens is 184 g/mol. The van der Waals surface area contributed by atoms with E-state index in [0.717, 1.165) is 6.42 Å². The number of carbonyl (C=O) groups excluding carboxylic acids is 1. The lowest BCUT2D eigenvalue weighted by molar-refractivity contribution is -0.121. The molecule has 2 N–H and O–H groups in total. The molecule has 0 radical (unpaired) electrons. The van der Waals surface area contributed by atoms with Gasteiger partial charge in [-0.15, -0.1) is 10.2 Å². The maximum atomic E-state index is 11.3. The van der Waals surface area contributed by atoms with Crippen LogP contribution >= 0.6 is 0 Å². The lowest BCUT2D eigenvalue weighted by Crippen LogP contribution is -2.28. The van der Waals surface area contributed by atoms with E-state index in [1.54, 1.807) is 0 Å². The van der Waals surface area contributed by atoms with Crippen molar-refractivity contribution in [1.82, 2.24) is 20.1 Å². The van der Waals surface area contributed by atoms with Gasteiger partial charge in [0, 0.05) is 6.54 Å². The van der Waals surface area contributed by atoms with Gasteiger partial charge in [0.1, 0.15) is 19.5 Å². The highest BCUT2D eigenvalue weighted by molar-refractivity contribution is 5.75. The molecule has 78 valence electrons. The van der Waals surface area contributed by atoms with E-state index in [4.69, 9.17) is 5.11 Å². The van der Waals surface area contributed by atoms with E-state index in [-0.39, 0.29) is 19.1 Å². The third kappa shape index (κ3) is 2.81. The maximum Gasteiger partial charge on any atom is 0.240 e. The smallest absolute Gasteiger partial charge is 0.240 e. The summed E-state index contributed by atoms with van der Waals surface area (Å²) in [6.07, 6.45) is 2.33. The lowest BCUT2D eigenvalue weighted by atomic mass is 10.4. The zero-order chi connectivity index (χ0) is 10.4. The number of nitrogens with zero attached hydrogens (tertiary/aromatic N) is 3. The molecule has 0 fully saturated rings. The summed E-state index contributed by atoms with van der Waals surface area (Å²) in [6.45, 7) is 2.59. The molecule has 0 saturated carbocycles. The molecule has 1 heterocycles. The quantitative estimate of drug-likeness (QED) is 0.655. The minimum Gasteiger partial charge on any atom is -0.388 e. The minimum atomic E-state index is -0.207. The Balaban J connectivity index is 2.47. The number of hydrogen-bond acceptors (Lipinski definition) is 4. The summed E-state index contributed by atoms with van der Waals surface area (Å²) in [5.74, 6) is 0.304. The van der Waals surface area contributed by atoms with Crippen molar-refractivity contribution in [2.24, 2.45) is 0 Å². The summed E-state index contributed by atoms with van der Waals surface area (Å²) < 4.78 is 1.52. The molecule has 1 aromatic rings. The summed E-state index contributed by atoms with van der Waals surface area (Å²) in [5.41, 5.74) is 0. The average Bonchev–Trinajstić information content (AvgIpc) is 2.62. The van der Waals surface area contributed by atoms with Crippen LogP contribution in [-0.4, -0.2) is 32.3 Å². The van der Waals surface area contributed by atoms with Crippen molar-refractivity contribution in [3.8, 4) is 0 Å². The van der Waals surface area contributed by atoms with Gasteiger partial charge >= 0.3 is 0 Å². The Morgan fingerprint density at radius 1 is 1.71 bits per heavy atom. The molecule has 1 amide bonds. The van der Waals surface area contributed by atoms with Crippen molar-refractivity contribution in [1.29, 1.82) is 0 Å². The first-order chi connectivity index (χ1) is 6.77. The number of rotatable bonds is 5. The van der Waals surface area contributed by atoms with Crippen molar-refractivity contribution in [2.45, 2.75) is 26.5 Å². The Labute approximate surface area is 82.0 Å². The zero-order valence-electron chi connectivity index (χ0n) is 8.10. The van der Waals surface area contributed by atoms with Crippen LogP contribution in [0.1, 0.15) is 19.2 Å². The lowest BCUT2D eigenvalue weighted by Gasteiger charge is -2.05. The van der Waals surface area contributed by atoms with Crippen LogP contribution in [0.3, 0.4) is 0 Å². The van der Waals surface area contributed by atoms with Crippen LogP contribution in [0.25, 0.3) is 0 Å². The fourth-order valence-electron chi connectivity index (χ4n) is 1.01. The molecule has 6 heteroatoms. The second-order valence-corrected chi connectivity index (χ2v) is 2.88. The summed E-state index contributed by atoms with van der Waals surface area (Å²) in [6, 6.07) is 0. The molecule has 0 aliphatic heterocycles. The fourth-order valence-corrected chi connectivity index (χ4v) is 1.01. The van der Waals surface area contributed by atoms with Crippen molar-refractivity contribution in [2.75, 3.05) is 6.54 Å². The van der Waals surface area contributed by atoms with Gasteiger partial charge < -0.3 is 15.0 Å². The Morgan fingerprint density at radius 2 is 2.50 bits per heavy atom. The number of carbonyl (C=O) groups is 1. The molecule has 0 aliphatic carbocycles. The highest BCUT2D eigenvalue weighted by Gasteiger charge is 2.06.